The summed E-state index contributed by atoms with van der Waals surface area (Å²) >= 11 is 0. The summed E-state index contributed by atoms with van der Waals surface area (Å²) in [5.41, 5.74) is 1.80. The number of hydrogen-bond donors (Lipinski definition) is 1. The third-order valence-corrected chi connectivity index (χ3v) is 5.93. The second kappa shape index (κ2) is 5.75. The van der Waals surface area contributed by atoms with Crippen LogP contribution in [-0.2, 0) is 21.4 Å². The Morgan fingerprint density at radius 2 is 1.83 bits per heavy atom. The number of carbonyl (C=O) groups excluding carboxylic acids is 2. The third kappa shape index (κ3) is 2.40. The lowest BCUT2D eigenvalue weighted by Crippen LogP contribution is -3.14. The van der Waals surface area contributed by atoms with Crippen molar-refractivity contribution >= 4 is 11.8 Å². The van der Waals surface area contributed by atoms with E-state index >= 15 is 0 Å². The Morgan fingerprint density at radius 3 is 2.65 bits per heavy atom. The van der Waals surface area contributed by atoms with Gasteiger partial charge in [-0.1, -0.05) is 24.3 Å². The van der Waals surface area contributed by atoms with Crippen LogP contribution in [0.3, 0.4) is 0 Å². The Hall–Kier alpha value is -1.68. The zero-order chi connectivity index (χ0) is 15.9. The first kappa shape index (κ1) is 14.9. The lowest BCUT2D eigenvalue weighted by Gasteiger charge is -2.34. The highest BCUT2D eigenvalue weighted by Crippen LogP contribution is 2.45. The molecule has 0 unspecified atom stereocenters. The van der Waals surface area contributed by atoms with E-state index < -0.39 is 5.41 Å². The number of aryl methyl sites for hydroxylation is 1. The van der Waals surface area contributed by atoms with Crippen LogP contribution in [0, 0.1) is 0 Å². The second-order valence-electron chi connectivity index (χ2n) is 7.37. The molecule has 0 saturated carbocycles. The maximum Gasteiger partial charge on any atom is 0.244 e. The fourth-order valence-corrected chi connectivity index (χ4v) is 4.72. The monoisotopic (exact) mass is 313 g/mol. The number of hydrogen-bond acceptors (Lipinski definition) is 2. The van der Waals surface area contributed by atoms with Crippen LogP contribution in [0.5, 0.6) is 0 Å². The van der Waals surface area contributed by atoms with Gasteiger partial charge in [-0.25, -0.2) is 4.90 Å². The molecule has 1 atom stereocenters. The predicted octanol–water partition coefficient (Wildman–Crippen LogP) is 1.05. The molecule has 1 N–H and O–H groups in total. The Kier molecular flexibility index (Phi) is 3.72. The van der Waals surface area contributed by atoms with Gasteiger partial charge in [-0.3, -0.25) is 9.59 Å². The topological polar surface area (TPSA) is 41.8 Å². The summed E-state index contributed by atoms with van der Waals surface area (Å²) in [6.45, 7) is 2.74. The number of nitrogens with one attached hydrogen (secondary N) is 1. The van der Waals surface area contributed by atoms with Gasteiger partial charge in [0.15, 0.2) is 6.67 Å². The summed E-state index contributed by atoms with van der Waals surface area (Å²) in [5, 5.41) is 0. The molecule has 4 rings (SSSR count). The largest absolute Gasteiger partial charge is 0.317 e. The molecule has 0 radical (unpaired) electrons. The molecule has 4 nitrogen and oxygen atoms in total. The highest BCUT2D eigenvalue weighted by Gasteiger charge is 2.54. The van der Waals surface area contributed by atoms with Crippen LogP contribution < -0.4 is 4.90 Å². The summed E-state index contributed by atoms with van der Waals surface area (Å²) in [4.78, 5) is 28.8. The Morgan fingerprint density at radius 1 is 1.04 bits per heavy atom. The predicted molar refractivity (Wildman–Crippen MR) is 86.9 cm³/mol. The maximum atomic E-state index is 13.2. The molecular weight excluding hydrogens is 288 g/mol. The fourth-order valence-electron chi connectivity index (χ4n) is 4.72. The van der Waals surface area contributed by atoms with Crippen LogP contribution >= 0.6 is 0 Å². The third-order valence-electron chi connectivity index (χ3n) is 5.93. The van der Waals surface area contributed by atoms with Gasteiger partial charge >= 0.3 is 0 Å². The van der Waals surface area contributed by atoms with E-state index in [9.17, 15) is 9.59 Å². The number of amides is 2. The number of fused-ring (bicyclic) bond motifs is 2. The van der Waals surface area contributed by atoms with Crippen LogP contribution in [0.4, 0.5) is 0 Å². The van der Waals surface area contributed by atoms with E-state index in [1.165, 1.54) is 29.7 Å². The average molecular weight is 313 g/mol. The minimum atomic E-state index is -0.568. The molecule has 23 heavy (non-hydrogen) atoms. The molecule has 2 amide bonds. The van der Waals surface area contributed by atoms with E-state index in [-0.39, 0.29) is 11.8 Å². The van der Waals surface area contributed by atoms with Crippen molar-refractivity contribution in [3.8, 4) is 0 Å². The lowest BCUT2D eigenvalue weighted by molar-refractivity contribution is -0.912. The van der Waals surface area contributed by atoms with Crippen LogP contribution in [0.1, 0.15) is 49.7 Å². The quantitative estimate of drug-likeness (QED) is 0.829. The molecule has 3 aliphatic rings. The fraction of sp³-hybridized carbons (Fsp3) is 0.579. The van der Waals surface area contributed by atoms with Crippen molar-refractivity contribution in [3.63, 3.8) is 0 Å². The van der Waals surface area contributed by atoms with Crippen molar-refractivity contribution in [1.29, 1.82) is 0 Å². The van der Waals surface area contributed by atoms with Gasteiger partial charge in [0.25, 0.3) is 0 Å². The van der Waals surface area contributed by atoms with Crippen molar-refractivity contribution < 1.29 is 14.5 Å². The van der Waals surface area contributed by atoms with Gasteiger partial charge in [-0.2, -0.15) is 0 Å². The molecule has 0 aromatic heterocycles. The van der Waals surface area contributed by atoms with Crippen molar-refractivity contribution in [3.05, 3.63) is 35.4 Å². The van der Waals surface area contributed by atoms with Crippen molar-refractivity contribution in [1.82, 2.24) is 4.90 Å². The summed E-state index contributed by atoms with van der Waals surface area (Å²) in [7, 11) is 0. The highest BCUT2D eigenvalue weighted by molar-refractivity contribution is 6.09. The molecule has 1 aromatic rings. The number of rotatable bonds is 2. The van der Waals surface area contributed by atoms with Gasteiger partial charge in [0.1, 0.15) is 0 Å². The number of quaternary nitrogens is 1. The minimum absolute atomic E-state index is 0.0322. The summed E-state index contributed by atoms with van der Waals surface area (Å²) in [5.74, 6) is 0.0949. The average Bonchev–Trinajstić information content (AvgIpc) is 2.81. The smallest absolute Gasteiger partial charge is 0.244 e. The molecular formula is C19H25N2O2+. The van der Waals surface area contributed by atoms with E-state index in [2.05, 4.69) is 12.1 Å². The first-order chi connectivity index (χ1) is 11.2. The maximum absolute atomic E-state index is 13.2. The van der Waals surface area contributed by atoms with Crippen molar-refractivity contribution in [2.24, 2.45) is 0 Å². The highest BCUT2D eigenvalue weighted by atomic mass is 16.2. The molecule has 1 spiro atoms. The molecule has 4 heteroatoms. The van der Waals surface area contributed by atoms with Crippen LogP contribution in [0.15, 0.2) is 24.3 Å². The molecule has 2 fully saturated rings. The van der Waals surface area contributed by atoms with E-state index in [0.717, 1.165) is 37.9 Å². The lowest BCUT2D eigenvalue weighted by atomic mass is 9.69. The zero-order valence-electron chi connectivity index (χ0n) is 13.6. The number of nitrogens with zero attached hydrogens (tertiary/aromatic N) is 1. The Labute approximate surface area is 137 Å². The Bertz CT molecular complexity index is 636. The molecule has 122 valence electrons. The molecule has 1 aliphatic carbocycles. The van der Waals surface area contributed by atoms with Gasteiger partial charge in [0.05, 0.1) is 18.5 Å². The van der Waals surface area contributed by atoms with Gasteiger partial charge < -0.3 is 4.90 Å². The number of imide groups is 1. The molecule has 2 saturated heterocycles. The van der Waals surface area contributed by atoms with Gasteiger partial charge in [0.2, 0.25) is 11.8 Å². The van der Waals surface area contributed by atoms with E-state index in [1.54, 1.807) is 4.90 Å². The SMILES string of the molecule is O=C1C[C@]2(CCCc3ccccc32)C(=O)N1C[NH+]1CCCCC1. The minimum Gasteiger partial charge on any atom is -0.317 e. The number of carbonyl (C=O) groups is 2. The van der Waals surface area contributed by atoms with E-state index in [0.29, 0.717) is 13.1 Å². The molecule has 0 bridgehead atoms. The van der Waals surface area contributed by atoms with Crippen molar-refractivity contribution in [2.75, 3.05) is 19.8 Å². The first-order valence-corrected chi connectivity index (χ1v) is 8.97. The van der Waals surface area contributed by atoms with E-state index in [1.807, 2.05) is 12.1 Å². The first-order valence-electron chi connectivity index (χ1n) is 8.97. The number of benzene rings is 1. The molecule has 2 aliphatic heterocycles. The summed E-state index contributed by atoms with van der Waals surface area (Å²) in [6, 6.07) is 8.22. The van der Waals surface area contributed by atoms with Crippen molar-refractivity contribution in [2.45, 2.75) is 50.4 Å². The summed E-state index contributed by atoms with van der Waals surface area (Å²) in [6.07, 6.45) is 6.91. The number of likely N-dealkylation sites (tertiary alicyclic amines) is 2. The zero-order valence-corrected chi connectivity index (χ0v) is 13.6. The normalized spacial score (nSPS) is 28.4. The standard InChI is InChI=1S/C19H24N2O2/c22-17-13-19(10-6-8-15-7-2-3-9-16(15)19)18(23)21(17)14-20-11-4-1-5-12-20/h2-3,7,9H,1,4-6,8,10-14H2/p+1/t19-/m0/s1. The van der Waals surface area contributed by atoms with Gasteiger partial charge in [-0.05, 0) is 49.7 Å². The van der Waals surface area contributed by atoms with Crippen LogP contribution in [0.25, 0.3) is 0 Å². The molecule has 2 heterocycles. The van der Waals surface area contributed by atoms with Crippen LogP contribution in [-0.4, -0.2) is 36.5 Å². The second-order valence-corrected chi connectivity index (χ2v) is 7.37. The molecule has 1 aromatic carbocycles. The Balaban J connectivity index is 1.62. The van der Waals surface area contributed by atoms with E-state index in [4.69, 9.17) is 0 Å². The van der Waals surface area contributed by atoms with Gasteiger partial charge in [0, 0.05) is 6.42 Å². The summed E-state index contributed by atoms with van der Waals surface area (Å²) < 4.78 is 0. The number of piperidine rings is 1. The van der Waals surface area contributed by atoms with Crippen LogP contribution in [0.2, 0.25) is 0 Å². The van der Waals surface area contributed by atoms with Gasteiger partial charge in [-0.15, -0.1) is 0 Å².